The second-order valence-electron chi connectivity index (χ2n) is 7.54. The molecule has 0 fully saturated rings. The van der Waals surface area contributed by atoms with E-state index in [4.69, 9.17) is 4.74 Å². The number of nitrogens with one attached hydrogen (secondary N) is 2. The second-order valence-corrected chi connectivity index (χ2v) is 8.62. The van der Waals surface area contributed by atoms with Crippen LogP contribution >= 0.6 is 11.3 Å². The van der Waals surface area contributed by atoms with Crippen molar-refractivity contribution in [2.45, 2.75) is 32.3 Å². The molecule has 3 rings (SSSR count). The van der Waals surface area contributed by atoms with Crippen molar-refractivity contribution in [3.05, 3.63) is 54.4 Å². The number of pyridine rings is 1. The third-order valence-electron chi connectivity index (χ3n) is 4.03. The van der Waals surface area contributed by atoms with Crippen LogP contribution in [0, 0.1) is 0 Å². The van der Waals surface area contributed by atoms with Gasteiger partial charge < -0.3 is 20.5 Å². The van der Waals surface area contributed by atoms with E-state index in [1.54, 1.807) is 45.3 Å². The molecule has 0 aliphatic heterocycles. The average molecular weight is 413 g/mol. The van der Waals surface area contributed by atoms with Crippen molar-refractivity contribution in [3.8, 4) is 5.75 Å². The number of benzene rings is 1. The van der Waals surface area contributed by atoms with Crippen molar-refractivity contribution >= 4 is 38.4 Å². The molecule has 1 aromatic carbocycles. The average Bonchev–Trinajstić information content (AvgIpc) is 3.04. The molecule has 1 atom stereocenters. The van der Waals surface area contributed by atoms with Crippen LogP contribution in [0.5, 0.6) is 5.75 Å². The number of phenolic OH excluding ortho intramolecular Hbond substituents is 1. The number of alkyl carbamates (subject to hydrolysis) is 1. The Morgan fingerprint density at radius 3 is 2.59 bits per heavy atom. The van der Waals surface area contributed by atoms with E-state index in [1.807, 2.05) is 12.1 Å². The van der Waals surface area contributed by atoms with Crippen molar-refractivity contribution < 1.29 is 19.4 Å². The lowest BCUT2D eigenvalue weighted by Gasteiger charge is -2.22. The van der Waals surface area contributed by atoms with Gasteiger partial charge >= 0.3 is 6.09 Å². The molecule has 1 unspecified atom stereocenters. The summed E-state index contributed by atoms with van der Waals surface area (Å²) in [5.74, 6) is -0.831. The SMILES string of the molecule is CC(C)(C)OC(=O)NCC(C(=O)Nc1cc2ccncc2s1)c1ccc(O)cc1. The summed E-state index contributed by atoms with van der Waals surface area (Å²) in [6.07, 6.45) is 2.85. The second kappa shape index (κ2) is 8.48. The number of rotatable bonds is 5. The summed E-state index contributed by atoms with van der Waals surface area (Å²) in [7, 11) is 0. The summed E-state index contributed by atoms with van der Waals surface area (Å²) < 4.78 is 6.22. The number of carbonyl (C=O) groups is 2. The first-order valence-corrected chi connectivity index (χ1v) is 9.93. The maximum Gasteiger partial charge on any atom is 0.407 e. The van der Waals surface area contributed by atoms with Gasteiger partial charge in [-0.05, 0) is 56.0 Å². The molecule has 0 saturated heterocycles. The van der Waals surface area contributed by atoms with Gasteiger partial charge in [-0.3, -0.25) is 9.78 Å². The number of nitrogens with zero attached hydrogens (tertiary/aromatic N) is 1. The molecule has 2 aromatic heterocycles. The van der Waals surface area contributed by atoms with Gasteiger partial charge in [0.15, 0.2) is 0 Å². The Labute approximate surface area is 172 Å². The van der Waals surface area contributed by atoms with Crippen LogP contribution < -0.4 is 10.6 Å². The molecule has 2 amide bonds. The number of anilines is 1. The van der Waals surface area contributed by atoms with Gasteiger partial charge in [-0.25, -0.2) is 4.79 Å². The van der Waals surface area contributed by atoms with Gasteiger partial charge in [0.2, 0.25) is 5.91 Å². The number of thiophene rings is 1. The molecular formula is C21H23N3O4S. The number of aromatic hydroxyl groups is 1. The van der Waals surface area contributed by atoms with Crippen molar-refractivity contribution in [2.75, 3.05) is 11.9 Å². The molecule has 0 bridgehead atoms. The maximum absolute atomic E-state index is 13.0. The molecule has 3 N–H and O–H groups in total. The highest BCUT2D eigenvalue weighted by atomic mass is 32.1. The highest BCUT2D eigenvalue weighted by Gasteiger charge is 2.24. The number of ether oxygens (including phenoxy) is 1. The third kappa shape index (κ3) is 5.68. The monoisotopic (exact) mass is 413 g/mol. The first-order chi connectivity index (χ1) is 13.7. The van der Waals surface area contributed by atoms with E-state index < -0.39 is 17.6 Å². The van der Waals surface area contributed by atoms with Crippen LogP contribution in [0.2, 0.25) is 0 Å². The minimum Gasteiger partial charge on any atom is -0.508 e. The third-order valence-corrected chi connectivity index (χ3v) is 5.03. The van der Waals surface area contributed by atoms with Gasteiger partial charge in [0.05, 0.1) is 15.6 Å². The summed E-state index contributed by atoms with van der Waals surface area (Å²) in [6, 6.07) is 10.1. The van der Waals surface area contributed by atoms with Crippen LogP contribution in [0.1, 0.15) is 32.3 Å². The van der Waals surface area contributed by atoms with Crippen LogP contribution in [0.3, 0.4) is 0 Å². The largest absolute Gasteiger partial charge is 0.508 e. The summed E-state index contributed by atoms with van der Waals surface area (Å²) >= 11 is 1.43. The maximum atomic E-state index is 13.0. The van der Waals surface area contributed by atoms with Crippen LogP contribution in [-0.4, -0.2) is 34.2 Å². The molecule has 0 saturated carbocycles. The van der Waals surface area contributed by atoms with E-state index >= 15 is 0 Å². The predicted octanol–water partition coefficient (Wildman–Crippen LogP) is 4.25. The number of phenols is 1. The number of hydrogen-bond acceptors (Lipinski definition) is 6. The van der Waals surface area contributed by atoms with Gasteiger partial charge in [0, 0.05) is 18.9 Å². The molecule has 0 spiro atoms. The highest BCUT2D eigenvalue weighted by Crippen LogP contribution is 2.30. The van der Waals surface area contributed by atoms with Crippen molar-refractivity contribution in [1.82, 2.24) is 10.3 Å². The molecule has 7 nitrogen and oxygen atoms in total. The van der Waals surface area contributed by atoms with E-state index in [1.165, 1.54) is 23.5 Å². The quantitative estimate of drug-likeness (QED) is 0.581. The van der Waals surface area contributed by atoms with Gasteiger partial charge in [-0.1, -0.05) is 12.1 Å². The fraction of sp³-hybridized carbons (Fsp3) is 0.286. The number of fused-ring (bicyclic) bond motifs is 1. The molecule has 29 heavy (non-hydrogen) atoms. The summed E-state index contributed by atoms with van der Waals surface area (Å²) in [6.45, 7) is 5.37. The van der Waals surface area contributed by atoms with Gasteiger partial charge in [0.1, 0.15) is 11.4 Å². The van der Waals surface area contributed by atoms with E-state index in [9.17, 15) is 14.7 Å². The summed E-state index contributed by atoms with van der Waals surface area (Å²) in [5.41, 5.74) is 0.0324. The fourth-order valence-electron chi connectivity index (χ4n) is 2.72. The Bertz CT molecular complexity index is 976. The van der Waals surface area contributed by atoms with E-state index in [0.717, 1.165) is 10.1 Å². The van der Waals surface area contributed by atoms with Gasteiger partial charge in [-0.2, -0.15) is 0 Å². The lowest BCUT2D eigenvalue weighted by molar-refractivity contribution is -0.117. The Hall–Kier alpha value is -3.13. The minimum atomic E-state index is -0.661. The lowest BCUT2D eigenvalue weighted by Crippen LogP contribution is -2.37. The zero-order valence-electron chi connectivity index (χ0n) is 16.4. The molecule has 2 heterocycles. The summed E-state index contributed by atoms with van der Waals surface area (Å²) in [4.78, 5) is 29.1. The normalized spacial score (nSPS) is 12.4. The lowest BCUT2D eigenvalue weighted by atomic mass is 9.98. The highest BCUT2D eigenvalue weighted by molar-refractivity contribution is 7.22. The number of carbonyl (C=O) groups excluding carboxylic acids is 2. The molecule has 0 aliphatic carbocycles. The van der Waals surface area contributed by atoms with E-state index in [-0.39, 0.29) is 18.2 Å². The van der Waals surface area contributed by atoms with E-state index in [0.29, 0.717) is 10.6 Å². The molecule has 0 radical (unpaired) electrons. The van der Waals surface area contributed by atoms with Crippen molar-refractivity contribution in [3.63, 3.8) is 0 Å². The van der Waals surface area contributed by atoms with Crippen molar-refractivity contribution in [2.24, 2.45) is 0 Å². The van der Waals surface area contributed by atoms with E-state index in [2.05, 4.69) is 15.6 Å². The first kappa shape index (κ1) is 20.6. The number of hydrogen-bond donors (Lipinski definition) is 3. The standard InChI is InChI=1S/C21H23N3O4S/c1-21(2,3)28-20(27)23-11-16(13-4-6-15(25)7-5-13)19(26)24-18-10-14-8-9-22-12-17(14)29-18/h4-10,12,16,25H,11H2,1-3H3,(H,23,27)(H,24,26). The Morgan fingerprint density at radius 2 is 1.93 bits per heavy atom. The molecule has 3 aromatic rings. The number of amides is 2. The van der Waals surface area contributed by atoms with Gasteiger partial charge in [-0.15, -0.1) is 11.3 Å². The number of aromatic nitrogens is 1. The Kier molecular flexibility index (Phi) is 6.03. The molecule has 0 aliphatic rings. The first-order valence-electron chi connectivity index (χ1n) is 9.11. The van der Waals surface area contributed by atoms with Crippen LogP contribution in [0.25, 0.3) is 10.1 Å². The van der Waals surface area contributed by atoms with Crippen LogP contribution in [0.4, 0.5) is 9.80 Å². The summed E-state index contributed by atoms with van der Waals surface area (Å²) in [5, 5.41) is 16.8. The Balaban J connectivity index is 1.76. The Morgan fingerprint density at radius 1 is 1.21 bits per heavy atom. The van der Waals surface area contributed by atoms with Crippen molar-refractivity contribution in [1.29, 1.82) is 0 Å². The zero-order chi connectivity index (χ0) is 21.0. The molecule has 8 heteroatoms. The molecular weight excluding hydrogens is 390 g/mol. The van der Waals surface area contributed by atoms with Crippen LogP contribution in [0.15, 0.2) is 48.8 Å². The topological polar surface area (TPSA) is 101 Å². The predicted molar refractivity (Wildman–Crippen MR) is 113 cm³/mol. The van der Waals surface area contributed by atoms with Gasteiger partial charge in [0.25, 0.3) is 0 Å². The zero-order valence-corrected chi connectivity index (χ0v) is 17.2. The van der Waals surface area contributed by atoms with Crippen LogP contribution in [-0.2, 0) is 9.53 Å². The fourth-order valence-corrected chi connectivity index (χ4v) is 3.66. The smallest absolute Gasteiger partial charge is 0.407 e. The molecule has 152 valence electrons. The minimum absolute atomic E-state index is 0.0535.